The van der Waals surface area contributed by atoms with E-state index >= 15 is 0 Å². The van der Waals surface area contributed by atoms with Gasteiger partial charge in [0.15, 0.2) is 0 Å². The van der Waals surface area contributed by atoms with Crippen LogP contribution in [0.25, 0.3) is 0 Å². The van der Waals surface area contributed by atoms with Crippen LogP contribution in [0.5, 0.6) is 0 Å². The summed E-state index contributed by atoms with van der Waals surface area (Å²) in [5.41, 5.74) is 0. The van der Waals surface area contributed by atoms with Gasteiger partial charge in [0.2, 0.25) is 0 Å². The summed E-state index contributed by atoms with van der Waals surface area (Å²) in [6.07, 6.45) is 16.4. The number of hydrogen-bond acceptors (Lipinski definition) is 0. The van der Waals surface area contributed by atoms with Gasteiger partial charge in [0, 0.05) is 0 Å². The molecule has 0 saturated heterocycles. The van der Waals surface area contributed by atoms with Crippen molar-refractivity contribution in [1.82, 2.24) is 0 Å². The lowest BCUT2D eigenvalue weighted by Crippen LogP contribution is -3.00. The molecule has 0 N–H and O–H groups in total. The molecular weight excluding hydrogens is 278 g/mol. The highest BCUT2D eigenvalue weighted by Crippen LogP contribution is 2.13. The summed E-state index contributed by atoms with van der Waals surface area (Å²) in [5.74, 6) is 0. The Hall–Kier alpha value is -0.0100. The molecule has 0 amide bonds. The quantitative estimate of drug-likeness (QED) is 0.247. The summed E-state index contributed by atoms with van der Waals surface area (Å²) in [5, 5.41) is 0. The smallest absolute Gasteiger partial charge is 0.0970 e. The van der Waals surface area contributed by atoms with Crippen molar-refractivity contribution in [3.63, 3.8) is 0 Å². The lowest BCUT2D eigenvalue weighted by atomic mass is 10.1. The van der Waals surface area contributed by atoms with Crippen LogP contribution in [0.3, 0.4) is 0 Å². The minimum absolute atomic E-state index is 0. The predicted octanol–water partition coefficient (Wildman–Crippen LogP) is 2.95. The van der Waals surface area contributed by atoms with Crippen molar-refractivity contribution in [2.45, 2.75) is 85.0 Å². The minimum Gasteiger partial charge on any atom is -1.00 e. The van der Waals surface area contributed by atoms with Crippen molar-refractivity contribution in [2.75, 3.05) is 26.2 Å². The normalized spacial score (nSPS) is 11.2. The van der Waals surface area contributed by atoms with Crippen molar-refractivity contribution in [3.8, 4) is 0 Å². The summed E-state index contributed by atoms with van der Waals surface area (Å²) in [4.78, 5) is 0. The van der Waals surface area contributed by atoms with E-state index in [9.17, 15) is 0 Å². The SMILES string of the molecule is C=CC[N+](CC)(CC)CCCCCCCCCCCC.[Cl-]. The molecule has 0 radical (unpaired) electrons. The average molecular weight is 318 g/mol. The maximum atomic E-state index is 3.93. The van der Waals surface area contributed by atoms with Gasteiger partial charge in [0.25, 0.3) is 0 Å². The Morgan fingerprint density at radius 3 is 1.52 bits per heavy atom. The van der Waals surface area contributed by atoms with Crippen LogP contribution in [-0.2, 0) is 0 Å². The summed E-state index contributed by atoms with van der Waals surface area (Å²) < 4.78 is 1.24. The van der Waals surface area contributed by atoms with Gasteiger partial charge < -0.3 is 16.9 Å². The maximum Gasteiger partial charge on any atom is 0.0970 e. The molecule has 0 heterocycles. The van der Waals surface area contributed by atoms with Crippen molar-refractivity contribution >= 4 is 0 Å². The lowest BCUT2D eigenvalue weighted by Gasteiger charge is -2.36. The molecule has 0 aromatic heterocycles. The summed E-state index contributed by atoms with van der Waals surface area (Å²) in [7, 11) is 0. The van der Waals surface area contributed by atoms with Crippen LogP contribution < -0.4 is 12.4 Å². The molecule has 0 unspecified atom stereocenters. The number of quaternary nitrogens is 1. The van der Waals surface area contributed by atoms with Crippen molar-refractivity contribution < 1.29 is 16.9 Å². The van der Waals surface area contributed by atoms with Crippen LogP contribution in [0.1, 0.15) is 85.0 Å². The molecule has 0 aliphatic rings. The van der Waals surface area contributed by atoms with Crippen LogP contribution in [0.4, 0.5) is 0 Å². The fourth-order valence-corrected chi connectivity index (χ4v) is 3.10. The highest BCUT2D eigenvalue weighted by Gasteiger charge is 2.20. The van der Waals surface area contributed by atoms with E-state index in [0.717, 1.165) is 6.54 Å². The van der Waals surface area contributed by atoms with Crippen LogP contribution >= 0.6 is 0 Å². The highest BCUT2D eigenvalue weighted by atomic mass is 35.5. The first-order valence-corrected chi connectivity index (χ1v) is 9.20. The molecule has 0 aromatic carbocycles. The number of hydrogen-bond donors (Lipinski definition) is 0. The Balaban J connectivity index is 0. The van der Waals surface area contributed by atoms with E-state index in [2.05, 4.69) is 33.4 Å². The first kappa shape index (κ1) is 23.3. The second-order valence-corrected chi connectivity index (χ2v) is 6.35. The van der Waals surface area contributed by atoms with Crippen LogP contribution in [-0.4, -0.2) is 30.7 Å². The third-order valence-electron chi connectivity index (χ3n) is 4.84. The molecule has 0 aromatic rings. The molecule has 0 spiro atoms. The number of unbranched alkanes of at least 4 members (excludes halogenated alkanes) is 9. The standard InChI is InChI=1S/C19H40N.ClH/c1-5-9-10-11-12-13-14-15-16-17-19-20(7-3,8-4)18-6-2;/h6H,2,5,7-19H2,1,3-4H3;1H/q+1;/p-1. The number of nitrogens with zero attached hydrogens (tertiary/aromatic N) is 1. The zero-order chi connectivity index (χ0) is 15.1. The van der Waals surface area contributed by atoms with Crippen molar-refractivity contribution in [1.29, 1.82) is 0 Å². The molecule has 0 atom stereocenters. The Labute approximate surface area is 141 Å². The fraction of sp³-hybridized carbons (Fsp3) is 0.895. The predicted molar refractivity (Wildman–Crippen MR) is 93.1 cm³/mol. The monoisotopic (exact) mass is 317 g/mol. The molecule has 0 aliphatic heterocycles. The van der Waals surface area contributed by atoms with Crippen molar-refractivity contribution in [2.24, 2.45) is 0 Å². The zero-order valence-corrected chi connectivity index (χ0v) is 15.8. The van der Waals surface area contributed by atoms with E-state index in [1.54, 1.807) is 0 Å². The molecule has 128 valence electrons. The van der Waals surface area contributed by atoms with E-state index < -0.39 is 0 Å². The highest BCUT2D eigenvalue weighted by molar-refractivity contribution is 4.65. The Bertz CT molecular complexity index is 212. The average Bonchev–Trinajstić information content (AvgIpc) is 2.48. The van der Waals surface area contributed by atoms with E-state index in [-0.39, 0.29) is 12.4 Å². The molecule has 0 saturated carbocycles. The van der Waals surface area contributed by atoms with Crippen LogP contribution in [0.2, 0.25) is 0 Å². The van der Waals surface area contributed by atoms with Gasteiger partial charge in [-0.15, -0.1) is 0 Å². The zero-order valence-electron chi connectivity index (χ0n) is 15.0. The van der Waals surface area contributed by atoms with Gasteiger partial charge in [-0.2, -0.15) is 0 Å². The number of halogens is 1. The van der Waals surface area contributed by atoms with Gasteiger partial charge in [-0.05, 0) is 32.8 Å². The summed E-state index contributed by atoms with van der Waals surface area (Å²) in [6.45, 7) is 15.8. The van der Waals surface area contributed by atoms with E-state index in [0.29, 0.717) is 0 Å². The molecule has 1 nitrogen and oxygen atoms in total. The molecule has 0 bridgehead atoms. The van der Waals surface area contributed by atoms with Crippen molar-refractivity contribution in [3.05, 3.63) is 12.7 Å². The van der Waals surface area contributed by atoms with Crippen LogP contribution in [0.15, 0.2) is 12.7 Å². The van der Waals surface area contributed by atoms with Gasteiger partial charge in [-0.3, -0.25) is 0 Å². The molecule has 2 heteroatoms. The second-order valence-electron chi connectivity index (χ2n) is 6.35. The Morgan fingerprint density at radius 1 is 0.714 bits per heavy atom. The molecule has 0 fully saturated rings. The molecular formula is C19H40ClN. The third kappa shape index (κ3) is 12.2. The second kappa shape index (κ2) is 16.4. The first-order valence-electron chi connectivity index (χ1n) is 9.20. The molecule has 0 aliphatic carbocycles. The molecule has 0 rings (SSSR count). The van der Waals surface area contributed by atoms with Crippen LogP contribution in [0, 0.1) is 0 Å². The van der Waals surface area contributed by atoms with Gasteiger partial charge in [-0.1, -0.05) is 64.9 Å². The van der Waals surface area contributed by atoms with Gasteiger partial charge >= 0.3 is 0 Å². The van der Waals surface area contributed by atoms with Gasteiger partial charge in [-0.25, -0.2) is 0 Å². The maximum absolute atomic E-state index is 3.93. The minimum atomic E-state index is 0. The first-order chi connectivity index (χ1) is 9.74. The topological polar surface area (TPSA) is 0 Å². The lowest BCUT2D eigenvalue weighted by molar-refractivity contribution is -0.919. The van der Waals surface area contributed by atoms with E-state index in [1.165, 1.54) is 88.3 Å². The Kier molecular flexibility index (Phi) is 18.1. The van der Waals surface area contributed by atoms with Gasteiger partial charge in [0.1, 0.15) is 0 Å². The van der Waals surface area contributed by atoms with Gasteiger partial charge in [0.05, 0.1) is 26.2 Å². The summed E-state index contributed by atoms with van der Waals surface area (Å²) in [6, 6.07) is 0. The largest absolute Gasteiger partial charge is 1.00 e. The number of rotatable bonds is 15. The third-order valence-corrected chi connectivity index (χ3v) is 4.84. The Morgan fingerprint density at radius 2 is 1.14 bits per heavy atom. The van der Waals surface area contributed by atoms with E-state index in [4.69, 9.17) is 0 Å². The van der Waals surface area contributed by atoms with E-state index in [1.807, 2.05) is 0 Å². The fourth-order valence-electron chi connectivity index (χ4n) is 3.10. The number of likely N-dealkylation sites (N-methyl/N-ethyl adjacent to an activating group) is 1. The summed E-state index contributed by atoms with van der Waals surface area (Å²) >= 11 is 0. The molecule has 21 heavy (non-hydrogen) atoms.